The number of amides is 1. The SMILES string of the molecule is CCOC(=O)c1ccc2c(c1)NC(=O)C2C(=Nc1ccc(CN(C)C)c(C(=O)OCC)c1)c1ccccc1. The zero-order chi connectivity index (χ0) is 27.2. The highest BCUT2D eigenvalue weighted by Gasteiger charge is 2.36. The van der Waals surface area contributed by atoms with Crippen LogP contribution in [-0.4, -0.2) is 55.8 Å². The molecule has 1 aliphatic rings. The highest BCUT2D eigenvalue weighted by molar-refractivity contribution is 6.24. The van der Waals surface area contributed by atoms with Gasteiger partial charge in [0.05, 0.1) is 35.7 Å². The number of ether oxygens (including phenoxy) is 2. The summed E-state index contributed by atoms with van der Waals surface area (Å²) < 4.78 is 10.4. The lowest BCUT2D eigenvalue weighted by Gasteiger charge is -2.16. The van der Waals surface area contributed by atoms with Gasteiger partial charge in [0.2, 0.25) is 5.91 Å². The third-order valence-electron chi connectivity index (χ3n) is 6.06. The Hall–Kier alpha value is -4.30. The number of anilines is 1. The molecule has 1 atom stereocenters. The van der Waals surface area contributed by atoms with E-state index in [-0.39, 0.29) is 19.1 Å². The van der Waals surface area contributed by atoms with Gasteiger partial charge in [0, 0.05) is 12.2 Å². The van der Waals surface area contributed by atoms with Crippen LogP contribution in [0.2, 0.25) is 0 Å². The van der Waals surface area contributed by atoms with Gasteiger partial charge in [-0.15, -0.1) is 0 Å². The van der Waals surface area contributed by atoms with Gasteiger partial charge in [0.15, 0.2) is 0 Å². The smallest absolute Gasteiger partial charge is 0.338 e. The summed E-state index contributed by atoms with van der Waals surface area (Å²) in [6, 6.07) is 19.9. The van der Waals surface area contributed by atoms with Crippen molar-refractivity contribution >= 4 is 34.9 Å². The Bertz CT molecular complexity index is 1380. The maximum Gasteiger partial charge on any atom is 0.338 e. The maximum absolute atomic E-state index is 13.3. The van der Waals surface area contributed by atoms with Crippen LogP contribution in [0.4, 0.5) is 11.4 Å². The van der Waals surface area contributed by atoms with E-state index in [1.807, 2.05) is 61.5 Å². The largest absolute Gasteiger partial charge is 0.462 e. The van der Waals surface area contributed by atoms with E-state index >= 15 is 0 Å². The van der Waals surface area contributed by atoms with Gasteiger partial charge in [-0.25, -0.2) is 9.59 Å². The second-order valence-corrected chi connectivity index (χ2v) is 9.11. The van der Waals surface area contributed by atoms with Gasteiger partial charge in [-0.2, -0.15) is 0 Å². The molecule has 8 nitrogen and oxygen atoms in total. The van der Waals surface area contributed by atoms with Crippen LogP contribution in [0.5, 0.6) is 0 Å². The molecule has 196 valence electrons. The van der Waals surface area contributed by atoms with E-state index in [0.717, 1.165) is 11.1 Å². The molecular formula is C30H31N3O5. The van der Waals surface area contributed by atoms with Crippen LogP contribution in [0.1, 0.15) is 57.2 Å². The Morgan fingerprint density at radius 3 is 2.29 bits per heavy atom. The predicted molar refractivity (Wildman–Crippen MR) is 146 cm³/mol. The molecule has 0 bridgehead atoms. The third kappa shape index (κ3) is 5.81. The summed E-state index contributed by atoms with van der Waals surface area (Å²) in [4.78, 5) is 45.2. The third-order valence-corrected chi connectivity index (χ3v) is 6.06. The normalized spacial score (nSPS) is 14.7. The number of aliphatic imine (C=N–C) groups is 1. The number of esters is 2. The fourth-order valence-electron chi connectivity index (χ4n) is 4.43. The van der Waals surface area contributed by atoms with Crippen molar-refractivity contribution in [1.29, 1.82) is 0 Å². The Balaban J connectivity index is 1.82. The molecule has 38 heavy (non-hydrogen) atoms. The molecule has 0 aliphatic carbocycles. The lowest BCUT2D eigenvalue weighted by Crippen LogP contribution is -2.22. The van der Waals surface area contributed by atoms with E-state index in [4.69, 9.17) is 14.5 Å². The van der Waals surface area contributed by atoms with Crippen molar-refractivity contribution in [3.63, 3.8) is 0 Å². The number of carbonyl (C=O) groups is 3. The first-order valence-corrected chi connectivity index (χ1v) is 12.5. The molecule has 1 heterocycles. The van der Waals surface area contributed by atoms with Gasteiger partial charge < -0.3 is 19.7 Å². The highest BCUT2D eigenvalue weighted by atomic mass is 16.5. The summed E-state index contributed by atoms with van der Waals surface area (Å²) in [5, 5.41) is 2.89. The molecule has 8 heteroatoms. The van der Waals surface area contributed by atoms with Crippen LogP contribution in [0.25, 0.3) is 0 Å². The van der Waals surface area contributed by atoms with Crippen molar-refractivity contribution in [3.8, 4) is 0 Å². The molecule has 1 aliphatic heterocycles. The van der Waals surface area contributed by atoms with Crippen LogP contribution in [0, 0.1) is 0 Å². The van der Waals surface area contributed by atoms with Gasteiger partial charge >= 0.3 is 11.9 Å². The molecule has 0 spiro atoms. The number of benzene rings is 3. The minimum atomic E-state index is -0.712. The number of hydrogen-bond donors (Lipinski definition) is 1. The maximum atomic E-state index is 13.3. The Kier molecular flexibility index (Phi) is 8.33. The summed E-state index contributed by atoms with van der Waals surface area (Å²) >= 11 is 0. The van der Waals surface area contributed by atoms with E-state index < -0.39 is 17.9 Å². The molecule has 0 aromatic heterocycles. The highest BCUT2D eigenvalue weighted by Crippen LogP contribution is 2.37. The Labute approximate surface area is 222 Å². The Morgan fingerprint density at radius 2 is 1.61 bits per heavy atom. The molecule has 1 amide bonds. The fourth-order valence-corrected chi connectivity index (χ4v) is 4.43. The van der Waals surface area contributed by atoms with Crippen molar-refractivity contribution in [2.75, 3.05) is 32.6 Å². The van der Waals surface area contributed by atoms with Gasteiger partial charge in [-0.05, 0) is 68.9 Å². The number of carbonyl (C=O) groups excluding carboxylic acids is 3. The molecular weight excluding hydrogens is 482 g/mol. The molecule has 3 aromatic rings. The standard InChI is InChI=1S/C30H31N3O5/c1-5-37-29(35)20-13-15-23-25(16-20)32-28(34)26(23)27(19-10-8-7-9-11-19)31-22-14-12-21(18-33(3)4)24(17-22)30(36)38-6-2/h7-17,26H,5-6,18H2,1-4H3,(H,32,34). The van der Waals surface area contributed by atoms with Gasteiger partial charge in [-0.3, -0.25) is 9.79 Å². The first-order chi connectivity index (χ1) is 18.3. The van der Waals surface area contributed by atoms with Crippen LogP contribution in [0.15, 0.2) is 71.7 Å². The minimum Gasteiger partial charge on any atom is -0.462 e. The molecule has 1 N–H and O–H groups in total. The topological polar surface area (TPSA) is 97.3 Å². The molecule has 3 aromatic carbocycles. The van der Waals surface area contributed by atoms with Crippen LogP contribution in [-0.2, 0) is 20.8 Å². The van der Waals surface area contributed by atoms with E-state index in [9.17, 15) is 14.4 Å². The summed E-state index contributed by atoms with van der Waals surface area (Å²) in [6.45, 7) is 4.59. The van der Waals surface area contributed by atoms with Crippen LogP contribution >= 0.6 is 0 Å². The van der Waals surface area contributed by atoms with E-state index in [1.165, 1.54) is 0 Å². The van der Waals surface area contributed by atoms with Crippen molar-refractivity contribution < 1.29 is 23.9 Å². The lowest BCUT2D eigenvalue weighted by atomic mass is 9.90. The fraction of sp³-hybridized carbons (Fsp3) is 0.267. The molecule has 4 rings (SSSR count). The second kappa shape index (κ2) is 11.8. The quantitative estimate of drug-likeness (QED) is 0.321. The average molecular weight is 514 g/mol. The zero-order valence-electron chi connectivity index (χ0n) is 22.0. The number of rotatable bonds is 9. The van der Waals surface area contributed by atoms with Crippen molar-refractivity contribution in [2.45, 2.75) is 26.3 Å². The number of fused-ring (bicyclic) bond motifs is 1. The first kappa shape index (κ1) is 26.8. The van der Waals surface area contributed by atoms with Gasteiger partial charge in [0.1, 0.15) is 5.92 Å². The van der Waals surface area contributed by atoms with E-state index in [0.29, 0.717) is 40.3 Å². The number of nitrogens with one attached hydrogen (secondary N) is 1. The predicted octanol–water partition coefficient (Wildman–Crippen LogP) is 4.96. The van der Waals surface area contributed by atoms with Crippen molar-refractivity contribution in [1.82, 2.24) is 4.90 Å². The summed E-state index contributed by atoms with van der Waals surface area (Å²) in [5.41, 5.74) is 4.70. The lowest BCUT2D eigenvalue weighted by molar-refractivity contribution is -0.115. The molecule has 0 fully saturated rings. The molecule has 0 radical (unpaired) electrons. The number of hydrogen-bond acceptors (Lipinski definition) is 7. The monoisotopic (exact) mass is 513 g/mol. The summed E-state index contributed by atoms with van der Waals surface area (Å²) in [5.74, 6) is -1.83. The average Bonchev–Trinajstić information content (AvgIpc) is 3.23. The summed E-state index contributed by atoms with van der Waals surface area (Å²) in [7, 11) is 3.86. The number of nitrogens with zero attached hydrogens (tertiary/aromatic N) is 2. The second-order valence-electron chi connectivity index (χ2n) is 9.11. The van der Waals surface area contributed by atoms with E-state index in [1.54, 1.807) is 38.1 Å². The molecule has 0 saturated carbocycles. The van der Waals surface area contributed by atoms with Crippen LogP contribution < -0.4 is 5.32 Å². The molecule has 0 saturated heterocycles. The van der Waals surface area contributed by atoms with E-state index in [2.05, 4.69) is 5.32 Å². The first-order valence-electron chi connectivity index (χ1n) is 12.5. The minimum absolute atomic E-state index is 0.251. The van der Waals surface area contributed by atoms with Crippen molar-refractivity contribution in [3.05, 3.63) is 94.5 Å². The van der Waals surface area contributed by atoms with Crippen LogP contribution in [0.3, 0.4) is 0 Å². The van der Waals surface area contributed by atoms with Crippen molar-refractivity contribution in [2.24, 2.45) is 4.99 Å². The summed E-state index contributed by atoms with van der Waals surface area (Å²) in [6.07, 6.45) is 0. The Morgan fingerprint density at radius 1 is 0.895 bits per heavy atom. The van der Waals surface area contributed by atoms with Gasteiger partial charge in [0.25, 0.3) is 0 Å². The van der Waals surface area contributed by atoms with Gasteiger partial charge in [-0.1, -0.05) is 42.5 Å². The molecule has 1 unspecified atom stereocenters. The zero-order valence-corrected chi connectivity index (χ0v) is 22.0.